The van der Waals surface area contributed by atoms with E-state index < -0.39 is 11.6 Å². The molecule has 0 bridgehead atoms. The first-order valence-electron chi connectivity index (χ1n) is 9.23. The molecule has 1 fully saturated rings. The zero-order valence-corrected chi connectivity index (χ0v) is 15.3. The van der Waals surface area contributed by atoms with Gasteiger partial charge in [-0.2, -0.15) is 10.2 Å². The zero-order valence-electron chi connectivity index (χ0n) is 15.3. The minimum Gasteiger partial charge on any atom is -0.381 e. The van der Waals surface area contributed by atoms with Gasteiger partial charge in [0.2, 0.25) is 0 Å². The van der Waals surface area contributed by atoms with E-state index in [4.69, 9.17) is 4.74 Å². The summed E-state index contributed by atoms with van der Waals surface area (Å²) >= 11 is 0. The summed E-state index contributed by atoms with van der Waals surface area (Å²) in [5, 5.41) is 14.4. The molecule has 10 heteroatoms. The van der Waals surface area contributed by atoms with Crippen LogP contribution < -0.4 is 5.32 Å². The van der Waals surface area contributed by atoms with Crippen LogP contribution in [0.15, 0.2) is 36.8 Å². The largest absolute Gasteiger partial charge is 0.381 e. The number of aromatic nitrogens is 6. The van der Waals surface area contributed by atoms with Crippen molar-refractivity contribution in [3.8, 4) is 11.4 Å². The number of rotatable bonds is 4. The number of aromatic amines is 1. The molecular weight excluding hydrogens is 380 g/mol. The van der Waals surface area contributed by atoms with E-state index in [1.807, 2.05) is 10.9 Å². The van der Waals surface area contributed by atoms with E-state index in [2.05, 4.69) is 30.6 Å². The second-order valence-corrected chi connectivity index (χ2v) is 6.80. The Kier molecular flexibility index (Phi) is 4.39. The molecule has 29 heavy (non-hydrogen) atoms. The van der Waals surface area contributed by atoms with E-state index in [0.717, 1.165) is 12.8 Å². The van der Waals surface area contributed by atoms with Crippen molar-refractivity contribution >= 4 is 22.5 Å². The van der Waals surface area contributed by atoms with Crippen molar-refractivity contribution in [1.82, 2.24) is 29.9 Å². The smallest absolute Gasteiger partial charge is 0.168 e. The Labute approximate surface area is 163 Å². The molecule has 8 nitrogen and oxygen atoms in total. The lowest BCUT2D eigenvalue weighted by Gasteiger charge is -2.22. The van der Waals surface area contributed by atoms with Crippen molar-refractivity contribution in [3.05, 3.63) is 48.4 Å². The summed E-state index contributed by atoms with van der Waals surface area (Å²) in [4.78, 5) is 8.60. The highest BCUT2D eigenvalue weighted by molar-refractivity contribution is 5.88. The van der Waals surface area contributed by atoms with Crippen molar-refractivity contribution in [2.75, 3.05) is 18.5 Å². The predicted octanol–water partition coefficient (Wildman–Crippen LogP) is 3.59. The van der Waals surface area contributed by atoms with Crippen molar-refractivity contribution in [1.29, 1.82) is 0 Å². The van der Waals surface area contributed by atoms with Crippen LogP contribution in [0, 0.1) is 11.6 Å². The topological polar surface area (TPSA) is 93.5 Å². The number of nitrogens with zero attached hydrogens (tertiary/aromatic N) is 5. The maximum absolute atomic E-state index is 14.2. The SMILES string of the molecule is Fc1cccc(F)c1-c1nc(Nc2cnn(C3CCOCC3)c2)c2[nH]ncc2n1. The van der Waals surface area contributed by atoms with Crippen LogP contribution >= 0.6 is 0 Å². The molecule has 0 radical (unpaired) electrons. The summed E-state index contributed by atoms with van der Waals surface area (Å²) in [5.74, 6) is -1.16. The molecular formula is C19H17F2N7O. The van der Waals surface area contributed by atoms with Gasteiger partial charge in [0.1, 0.15) is 22.7 Å². The molecule has 0 spiro atoms. The van der Waals surface area contributed by atoms with E-state index in [-0.39, 0.29) is 17.4 Å². The second-order valence-electron chi connectivity index (χ2n) is 6.80. The fraction of sp³-hybridized carbons (Fsp3) is 0.263. The van der Waals surface area contributed by atoms with Crippen molar-refractivity contribution in [3.63, 3.8) is 0 Å². The lowest BCUT2D eigenvalue weighted by Crippen LogP contribution is -2.19. The van der Waals surface area contributed by atoms with Gasteiger partial charge in [0.15, 0.2) is 11.6 Å². The van der Waals surface area contributed by atoms with Gasteiger partial charge in [-0.05, 0) is 25.0 Å². The van der Waals surface area contributed by atoms with Crippen molar-refractivity contribution in [2.24, 2.45) is 0 Å². The first-order chi connectivity index (χ1) is 14.2. The monoisotopic (exact) mass is 397 g/mol. The summed E-state index contributed by atoms with van der Waals surface area (Å²) in [6.07, 6.45) is 6.84. The molecule has 2 N–H and O–H groups in total. The Morgan fingerprint density at radius 3 is 2.69 bits per heavy atom. The lowest BCUT2D eigenvalue weighted by molar-refractivity contribution is 0.0662. The fourth-order valence-electron chi connectivity index (χ4n) is 3.44. The number of benzene rings is 1. The third kappa shape index (κ3) is 3.31. The number of hydrogen-bond acceptors (Lipinski definition) is 6. The predicted molar refractivity (Wildman–Crippen MR) is 102 cm³/mol. The summed E-state index contributed by atoms with van der Waals surface area (Å²) < 4.78 is 35.8. The quantitative estimate of drug-likeness (QED) is 0.547. The number of hydrogen-bond donors (Lipinski definition) is 2. The molecule has 0 aliphatic carbocycles. The van der Waals surface area contributed by atoms with Gasteiger partial charge in [0.05, 0.1) is 29.7 Å². The number of nitrogens with one attached hydrogen (secondary N) is 2. The second kappa shape index (κ2) is 7.21. The molecule has 1 saturated heterocycles. The van der Waals surface area contributed by atoms with Gasteiger partial charge in [-0.3, -0.25) is 9.78 Å². The summed E-state index contributed by atoms with van der Waals surface area (Å²) in [6.45, 7) is 1.43. The minimum absolute atomic E-state index is 0.0613. The number of fused-ring (bicyclic) bond motifs is 1. The molecule has 0 saturated carbocycles. The molecule has 3 aromatic heterocycles. The number of anilines is 2. The van der Waals surface area contributed by atoms with Gasteiger partial charge in [-0.15, -0.1) is 0 Å². The average Bonchev–Trinajstić information content (AvgIpc) is 3.38. The van der Waals surface area contributed by atoms with E-state index in [0.29, 0.717) is 35.8 Å². The highest BCUT2D eigenvalue weighted by Crippen LogP contribution is 2.29. The Bertz CT molecular complexity index is 1150. The van der Waals surface area contributed by atoms with E-state index in [9.17, 15) is 8.78 Å². The molecule has 0 amide bonds. The number of ether oxygens (including phenoxy) is 1. The first-order valence-corrected chi connectivity index (χ1v) is 9.23. The molecule has 1 aromatic carbocycles. The molecule has 4 heterocycles. The number of halogens is 2. The summed E-state index contributed by atoms with van der Waals surface area (Å²) in [6, 6.07) is 3.92. The van der Waals surface area contributed by atoms with Gasteiger partial charge in [-0.25, -0.2) is 18.7 Å². The molecule has 5 rings (SSSR count). The normalized spacial score (nSPS) is 15.1. The molecule has 1 aliphatic heterocycles. The molecule has 0 atom stereocenters. The van der Waals surface area contributed by atoms with Crippen LogP contribution in [0.25, 0.3) is 22.4 Å². The van der Waals surface area contributed by atoms with Gasteiger partial charge < -0.3 is 10.1 Å². The highest BCUT2D eigenvalue weighted by atomic mass is 19.1. The Hall–Kier alpha value is -3.40. The summed E-state index contributed by atoms with van der Waals surface area (Å²) in [7, 11) is 0. The van der Waals surface area contributed by atoms with Crippen LogP contribution in [0.4, 0.5) is 20.3 Å². The molecule has 1 aliphatic rings. The van der Waals surface area contributed by atoms with Crippen LogP contribution in [-0.4, -0.2) is 43.2 Å². The molecule has 4 aromatic rings. The minimum atomic E-state index is -0.730. The van der Waals surface area contributed by atoms with E-state index in [1.165, 1.54) is 24.4 Å². The first kappa shape index (κ1) is 17.7. The van der Waals surface area contributed by atoms with Crippen LogP contribution in [0.3, 0.4) is 0 Å². The van der Waals surface area contributed by atoms with Gasteiger partial charge in [-0.1, -0.05) is 6.07 Å². The van der Waals surface area contributed by atoms with Crippen LogP contribution in [0.5, 0.6) is 0 Å². The molecule has 0 unspecified atom stereocenters. The maximum atomic E-state index is 14.2. The van der Waals surface area contributed by atoms with Gasteiger partial charge >= 0.3 is 0 Å². The van der Waals surface area contributed by atoms with Crippen molar-refractivity contribution < 1.29 is 13.5 Å². The number of H-pyrrole nitrogens is 1. The lowest BCUT2D eigenvalue weighted by atomic mass is 10.1. The van der Waals surface area contributed by atoms with Crippen LogP contribution in [0.2, 0.25) is 0 Å². The fourth-order valence-corrected chi connectivity index (χ4v) is 3.44. The Morgan fingerprint density at radius 2 is 1.90 bits per heavy atom. The molecule has 148 valence electrons. The van der Waals surface area contributed by atoms with Gasteiger partial charge in [0.25, 0.3) is 0 Å². The Balaban J connectivity index is 1.52. The van der Waals surface area contributed by atoms with Gasteiger partial charge in [0, 0.05) is 19.4 Å². The maximum Gasteiger partial charge on any atom is 0.168 e. The van der Waals surface area contributed by atoms with E-state index in [1.54, 1.807) is 6.20 Å². The van der Waals surface area contributed by atoms with E-state index >= 15 is 0 Å². The zero-order chi connectivity index (χ0) is 19.8. The third-order valence-corrected chi connectivity index (χ3v) is 4.92. The Morgan fingerprint density at radius 1 is 1.10 bits per heavy atom. The third-order valence-electron chi connectivity index (χ3n) is 4.92. The van der Waals surface area contributed by atoms with Crippen LogP contribution in [-0.2, 0) is 4.74 Å². The summed E-state index contributed by atoms with van der Waals surface area (Å²) in [5.41, 5.74) is 1.39. The average molecular weight is 397 g/mol. The standard InChI is InChI=1S/C19H17F2N7O/c20-13-2-1-3-14(21)16(13)18-25-15-9-22-27-17(15)19(26-18)24-11-8-23-28(10-11)12-4-6-29-7-5-12/h1-3,8-10,12H,4-7H2,(H,22,27)(H,24,25,26). The highest BCUT2D eigenvalue weighted by Gasteiger charge is 2.19. The van der Waals surface area contributed by atoms with Crippen LogP contribution in [0.1, 0.15) is 18.9 Å². The van der Waals surface area contributed by atoms with Crippen molar-refractivity contribution in [2.45, 2.75) is 18.9 Å².